The molecule has 1 aromatic rings. The number of nitrogens with zero attached hydrogens (tertiary/aromatic N) is 1. The molecule has 1 saturated heterocycles. The Morgan fingerprint density at radius 2 is 2.00 bits per heavy atom. The Hall–Kier alpha value is -1.55. The van der Waals surface area contributed by atoms with Gasteiger partial charge in [0.2, 0.25) is 5.91 Å². The Kier molecular flexibility index (Phi) is 6.72. The smallest absolute Gasteiger partial charge is 0.225 e. The fourth-order valence-corrected chi connectivity index (χ4v) is 2.95. The largest absolute Gasteiger partial charge is 0.494 e. The van der Waals surface area contributed by atoms with Crippen molar-refractivity contribution < 1.29 is 9.53 Å². The molecule has 0 saturated carbocycles. The first-order valence-electron chi connectivity index (χ1n) is 8.32. The van der Waals surface area contributed by atoms with Crippen LogP contribution in [0.3, 0.4) is 0 Å². The third-order valence-electron chi connectivity index (χ3n) is 4.40. The van der Waals surface area contributed by atoms with Crippen molar-refractivity contribution in [3.05, 3.63) is 30.3 Å². The lowest BCUT2D eigenvalue weighted by Gasteiger charge is -2.33. The summed E-state index contributed by atoms with van der Waals surface area (Å²) >= 11 is 0. The van der Waals surface area contributed by atoms with E-state index < -0.39 is 0 Å². The number of likely N-dealkylation sites (tertiary alicyclic amines) is 1. The molecule has 0 radical (unpaired) electrons. The molecule has 2 rings (SSSR count). The lowest BCUT2D eigenvalue weighted by Crippen LogP contribution is -2.42. The molecule has 1 fully saturated rings. The molecule has 0 aromatic heterocycles. The topological polar surface area (TPSA) is 41.6 Å². The van der Waals surface area contributed by atoms with Crippen molar-refractivity contribution in [2.75, 3.05) is 33.3 Å². The molecule has 122 valence electrons. The van der Waals surface area contributed by atoms with E-state index in [1.807, 2.05) is 49.2 Å². The number of carbonyl (C=O) groups excluding carboxylic acids is 1. The Bertz CT molecular complexity index is 442. The predicted molar refractivity (Wildman–Crippen MR) is 88.9 cm³/mol. The van der Waals surface area contributed by atoms with Crippen LogP contribution in [0.25, 0.3) is 0 Å². The highest BCUT2D eigenvalue weighted by Gasteiger charge is 2.25. The van der Waals surface area contributed by atoms with E-state index in [1.165, 1.54) is 0 Å². The maximum Gasteiger partial charge on any atom is 0.225 e. The van der Waals surface area contributed by atoms with Crippen LogP contribution in [-0.4, -0.2) is 44.1 Å². The molecule has 1 N–H and O–H groups in total. The molecular formula is C18H28N2O2. The molecule has 1 aromatic carbocycles. The average molecular weight is 304 g/mol. The summed E-state index contributed by atoms with van der Waals surface area (Å²) in [5, 5.41) is 3.23. The van der Waals surface area contributed by atoms with Crippen molar-refractivity contribution in [3.63, 3.8) is 0 Å². The molecule has 0 aliphatic carbocycles. The zero-order valence-electron chi connectivity index (χ0n) is 13.8. The van der Waals surface area contributed by atoms with Gasteiger partial charge >= 0.3 is 0 Å². The van der Waals surface area contributed by atoms with E-state index in [0.717, 1.165) is 44.6 Å². The van der Waals surface area contributed by atoms with Gasteiger partial charge < -0.3 is 15.0 Å². The second kappa shape index (κ2) is 8.79. The highest BCUT2D eigenvalue weighted by Crippen LogP contribution is 2.19. The maximum absolute atomic E-state index is 12.5. The minimum Gasteiger partial charge on any atom is -0.494 e. The van der Waals surface area contributed by atoms with Crippen LogP contribution in [0.15, 0.2) is 30.3 Å². The molecule has 0 bridgehead atoms. The minimum atomic E-state index is 0.0320. The Labute approximate surface area is 133 Å². The minimum absolute atomic E-state index is 0.0320. The Balaban J connectivity index is 1.69. The van der Waals surface area contributed by atoms with Gasteiger partial charge in [0.05, 0.1) is 6.61 Å². The fraction of sp³-hybridized carbons (Fsp3) is 0.611. The lowest BCUT2D eigenvalue weighted by molar-refractivity contribution is -0.136. The SMILES string of the molecule is CNCC1CCN(C(=O)C(C)CCOc2ccccc2)CC1. The van der Waals surface area contributed by atoms with Gasteiger partial charge in [0.15, 0.2) is 0 Å². The summed E-state index contributed by atoms with van der Waals surface area (Å²) in [5.74, 6) is 1.89. The number of amides is 1. The number of hydrogen-bond donors (Lipinski definition) is 1. The van der Waals surface area contributed by atoms with Gasteiger partial charge in [0, 0.05) is 19.0 Å². The third kappa shape index (κ3) is 5.02. The first-order chi connectivity index (χ1) is 10.7. The first-order valence-corrected chi connectivity index (χ1v) is 8.32. The maximum atomic E-state index is 12.5. The van der Waals surface area contributed by atoms with E-state index in [-0.39, 0.29) is 11.8 Å². The molecule has 0 spiro atoms. The number of para-hydroxylation sites is 1. The summed E-state index contributed by atoms with van der Waals surface area (Å²) < 4.78 is 5.68. The van der Waals surface area contributed by atoms with Gasteiger partial charge in [-0.25, -0.2) is 0 Å². The van der Waals surface area contributed by atoms with Crippen LogP contribution in [0.2, 0.25) is 0 Å². The van der Waals surface area contributed by atoms with Crippen LogP contribution in [0.5, 0.6) is 5.75 Å². The Morgan fingerprint density at radius 3 is 2.64 bits per heavy atom. The van der Waals surface area contributed by atoms with E-state index in [4.69, 9.17) is 4.74 Å². The van der Waals surface area contributed by atoms with Crippen molar-refractivity contribution >= 4 is 5.91 Å². The highest BCUT2D eigenvalue weighted by molar-refractivity contribution is 5.78. The molecule has 4 heteroatoms. The fourth-order valence-electron chi connectivity index (χ4n) is 2.95. The number of hydrogen-bond acceptors (Lipinski definition) is 3. The zero-order chi connectivity index (χ0) is 15.8. The lowest BCUT2D eigenvalue weighted by atomic mass is 9.95. The van der Waals surface area contributed by atoms with Crippen LogP contribution in [0, 0.1) is 11.8 Å². The van der Waals surface area contributed by atoms with E-state index in [0.29, 0.717) is 12.5 Å². The molecule has 1 heterocycles. The third-order valence-corrected chi connectivity index (χ3v) is 4.40. The summed E-state index contributed by atoms with van der Waals surface area (Å²) in [6.07, 6.45) is 2.99. The van der Waals surface area contributed by atoms with Crippen molar-refractivity contribution in [1.29, 1.82) is 0 Å². The number of ether oxygens (including phenoxy) is 1. The van der Waals surface area contributed by atoms with Gasteiger partial charge in [-0.3, -0.25) is 4.79 Å². The van der Waals surface area contributed by atoms with Gasteiger partial charge in [-0.1, -0.05) is 25.1 Å². The highest BCUT2D eigenvalue weighted by atomic mass is 16.5. The van der Waals surface area contributed by atoms with Crippen molar-refractivity contribution in [2.24, 2.45) is 11.8 Å². The second-order valence-corrected chi connectivity index (χ2v) is 6.18. The van der Waals surface area contributed by atoms with Gasteiger partial charge in [0.25, 0.3) is 0 Å². The quantitative estimate of drug-likeness (QED) is 0.842. The molecule has 1 aliphatic heterocycles. The molecule has 1 unspecified atom stereocenters. The first kappa shape index (κ1) is 16.8. The van der Waals surface area contributed by atoms with Gasteiger partial charge in [0.1, 0.15) is 5.75 Å². The monoisotopic (exact) mass is 304 g/mol. The normalized spacial score (nSPS) is 17.3. The van der Waals surface area contributed by atoms with Crippen molar-refractivity contribution in [2.45, 2.75) is 26.2 Å². The summed E-state index contributed by atoms with van der Waals surface area (Å²) in [4.78, 5) is 14.5. The number of carbonyl (C=O) groups is 1. The number of nitrogens with one attached hydrogen (secondary N) is 1. The average Bonchev–Trinajstić information content (AvgIpc) is 2.56. The summed E-state index contributed by atoms with van der Waals surface area (Å²) in [5.41, 5.74) is 0. The van der Waals surface area contributed by atoms with Crippen molar-refractivity contribution in [1.82, 2.24) is 10.2 Å². The molecule has 4 nitrogen and oxygen atoms in total. The zero-order valence-corrected chi connectivity index (χ0v) is 13.8. The van der Waals surface area contributed by atoms with Gasteiger partial charge in [-0.15, -0.1) is 0 Å². The van der Waals surface area contributed by atoms with Crippen molar-refractivity contribution in [3.8, 4) is 5.75 Å². The van der Waals surface area contributed by atoms with Crippen LogP contribution in [0.4, 0.5) is 0 Å². The van der Waals surface area contributed by atoms with Crippen LogP contribution >= 0.6 is 0 Å². The van der Waals surface area contributed by atoms with Gasteiger partial charge in [-0.2, -0.15) is 0 Å². The molecule has 1 aliphatic rings. The molecular weight excluding hydrogens is 276 g/mol. The molecule has 1 atom stereocenters. The van der Waals surface area contributed by atoms with E-state index >= 15 is 0 Å². The van der Waals surface area contributed by atoms with E-state index in [2.05, 4.69) is 5.32 Å². The summed E-state index contributed by atoms with van der Waals surface area (Å²) in [6.45, 7) is 5.45. The van der Waals surface area contributed by atoms with E-state index in [9.17, 15) is 4.79 Å². The standard InChI is InChI=1S/C18H28N2O2/c1-15(10-13-22-17-6-4-3-5-7-17)18(21)20-11-8-16(9-12-20)14-19-2/h3-7,15-16,19H,8-14H2,1-2H3. The Morgan fingerprint density at radius 1 is 1.32 bits per heavy atom. The second-order valence-electron chi connectivity index (χ2n) is 6.18. The van der Waals surface area contributed by atoms with Crippen LogP contribution in [0.1, 0.15) is 26.2 Å². The van der Waals surface area contributed by atoms with Crippen LogP contribution < -0.4 is 10.1 Å². The van der Waals surface area contributed by atoms with Gasteiger partial charge in [-0.05, 0) is 50.9 Å². The predicted octanol–water partition coefficient (Wildman–Crippen LogP) is 2.55. The summed E-state index contributed by atoms with van der Waals surface area (Å²) in [7, 11) is 1.99. The summed E-state index contributed by atoms with van der Waals surface area (Å²) in [6, 6.07) is 9.77. The van der Waals surface area contributed by atoms with E-state index in [1.54, 1.807) is 0 Å². The molecule has 1 amide bonds. The molecule has 22 heavy (non-hydrogen) atoms. The number of rotatable bonds is 7. The number of piperidine rings is 1. The number of benzene rings is 1. The van der Waals surface area contributed by atoms with Crippen LogP contribution in [-0.2, 0) is 4.79 Å².